The average Bonchev–Trinajstić information content (AvgIpc) is 1.88. The van der Waals surface area contributed by atoms with Gasteiger partial charge in [-0.2, -0.15) is 0 Å². The number of hydrogen-bond acceptors (Lipinski definition) is 2. The van der Waals surface area contributed by atoms with Crippen molar-refractivity contribution >= 4 is 0 Å². The van der Waals surface area contributed by atoms with E-state index in [4.69, 9.17) is 10.2 Å². The second kappa shape index (κ2) is 5.79. The first-order chi connectivity index (χ1) is 4.35. The summed E-state index contributed by atoms with van der Waals surface area (Å²) in [6.07, 6.45) is 3.22. The summed E-state index contributed by atoms with van der Waals surface area (Å²) in [5.74, 6) is 0.201. The molecule has 0 spiro atoms. The van der Waals surface area contributed by atoms with Crippen molar-refractivity contribution in [1.82, 2.24) is 0 Å². The Morgan fingerprint density at radius 1 is 1.44 bits per heavy atom. The third kappa shape index (κ3) is 4.18. The van der Waals surface area contributed by atoms with Gasteiger partial charge in [0.2, 0.25) is 0 Å². The lowest BCUT2D eigenvalue weighted by molar-refractivity contribution is 0.185. The number of aliphatic hydroxyl groups is 2. The molecule has 0 aliphatic carbocycles. The maximum atomic E-state index is 8.63. The Labute approximate surface area is 55.8 Å². The molecule has 0 saturated carbocycles. The van der Waals surface area contributed by atoms with Crippen molar-refractivity contribution in [2.24, 2.45) is 5.92 Å². The Bertz CT molecular complexity index is 71.3. The van der Waals surface area contributed by atoms with Gasteiger partial charge in [-0.25, -0.2) is 0 Å². The summed E-state index contributed by atoms with van der Waals surface area (Å²) in [6, 6.07) is 0. The third-order valence-electron chi connectivity index (χ3n) is 1.30. The van der Waals surface area contributed by atoms with Crippen LogP contribution in [0.5, 0.6) is 0 Å². The summed E-state index contributed by atoms with van der Waals surface area (Å²) in [6.45, 7) is 3.84. The van der Waals surface area contributed by atoms with Crippen molar-refractivity contribution in [3.63, 3.8) is 0 Å². The number of hydrogen-bond donors (Lipinski definition) is 2. The molecule has 0 amide bonds. The SMILES string of the molecule is C=CC[C@H](CO)CCO. The molecule has 54 valence electrons. The number of allylic oxidation sites excluding steroid dienone is 1. The lowest BCUT2D eigenvalue weighted by Gasteiger charge is -2.07. The predicted molar refractivity (Wildman–Crippen MR) is 37.1 cm³/mol. The first-order valence-electron chi connectivity index (χ1n) is 3.17. The van der Waals surface area contributed by atoms with Crippen LogP contribution < -0.4 is 0 Å². The van der Waals surface area contributed by atoms with Crippen molar-refractivity contribution in [2.45, 2.75) is 12.8 Å². The highest BCUT2D eigenvalue weighted by Crippen LogP contribution is 2.06. The van der Waals surface area contributed by atoms with Gasteiger partial charge in [-0.3, -0.25) is 0 Å². The quantitative estimate of drug-likeness (QED) is 0.534. The van der Waals surface area contributed by atoms with E-state index in [1.165, 1.54) is 0 Å². The van der Waals surface area contributed by atoms with Crippen LogP contribution in [0.3, 0.4) is 0 Å². The zero-order valence-electron chi connectivity index (χ0n) is 5.58. The van der Waals surface area contributed by atoms with Gasteiger partial charge in [0.15, 0.2) is 0 Å². The molecule has 0 rings (SSSR count). The fourth-order valence-electron chi connectivity index (χ4n) is 0.702. The van der Waals surface area contributed by atoms with E-state index >= 15 is 0 Å². The lowest BCUT2D eigenvalue weighted by Crippen LogP contribution is -2.06. The Balaban J connectivity index is 3.28. The summed E-state index contributed by atoms with van der Waals surface area (Å²) in [4.78, 5) is 0. The van der Waals surface area contributed by atoms with Crippen molar-refractivity contribution in [2.75, 3.05) is 13.2 Å². The molecule has 0 unspecified atom stereocenters. The van der Waals surface area contributed by atoms with Gasteiger partial charge in [0.25, 0.3) is 0 Å². The number of rotatable bonds is 5. The second-order valence-electron chi connectivity index (χ2n) is 2.09. The van der Waals surface area contributed by atoms with Crippen LogP contribution in [0.15, 0.2) is 12.7 Å². The Kier molecular flexibility index (Phi) is 5.57. The minimum absolute atomic E-state index is 0.145. The van der Waals surface area contributed by atoms with Crippen molar-refractivity contribution in [3.8, 4) is 0 Å². The van der Waals surface area contributed by atoms with Gasteiger partial charge in [-0.15, -0.1) is 6.58 Å². The van der Waals surface area contributed by atoms with Crippen LogP contribution in [0.2, 0.25) is 0 Å². The summed E-state index contributed by atoms with van der Waals surface area (Å²) in [7, 11) is 0. The Morgan fingerprint density at radius 3 is 2.44 bits per heavy atom. The molecule has 0 heterocycles. The summed E-state index contributed by atoms with van der Waals surface area (Å²) < 4.78 is 0. The largest absolute Gasteiger partial charge is 0.396 e. The highest BCUT2D eigenvalue weighted by Gasteiger charge is 2.02. The summed E-state index contributed by atoms with van der Waals surface area (Å²) in [5.41, 5.74) is 0. The molecule has 0 aliphatic rings. The molecule has 0 saturated heterocycles. The van der Waals surface area contributed by atoms with E-state index in [0.717, 1.165) is 6.42 Å². The lowest BCUT2D eigenvalue weighted by atomic mass is 10.0. The van der Waals surface area contributed by atoms with Gasteiger partial charge in [-0.05, 0) is 18.8 Å². The minimum Gasteiger partial charge on any atom is -0.396 e. The van der Waals surface area contributed by atoms with E-state index in [1.807, 2.05) is 0 Å². The first kappa shape index (κ1) is 8.66. The zero-order chi connectivity index (χ0) is 7.11. The summed E-state index contributed by atoms with van der Waals surface area (Å²) >= 11 is 0. The molecule has 2 heteroatoms. The van der Waals surface area contributed by atoms with Crippen LogP contribution in [0, 0.1) is 5.92 Å². The third-order valence-corrected chi connectivity index (χ3v) is 1.30. The Morgan fingerprint density at radius 2 is 2.11 bits per heavy atom. The molecule has 9 heavy (non-hydrogen) atoms. The van der Waals surface area contributed by atoms with Crippen LogP contribution in [0.1, 0.15) is 12.8 Å². The van der Waals surface area contributed by atoms with Gasteiger partial charge >= 0.3 is 0 Å². The van der Waals surface area contributed by atoms with Crippen LogP contribution >= 0.6 is 0 Å². The smallest absolute Gasteiger partial charge is 0.0463 e. The molecular weight excluding hydrogens is 116 g/mol. The Hall–Kier alpha value is -0.340. The van der Waals surface area contributed by atoms with E-state index in [2.05, 4.69) is 6.58 Å². The van der Waals surface area contributed by atoms with E-state index < -0.39 is 0 Å². The molecular formula is C7H14O2. The molecule has 0 aromatic rings. The number of aliphatic hydroxyl groups excluding tert-OH is 2. The monoisotopic (exact) mass is 130 g/mol. The molecule has 2 N–H and O–H groups in total. The zero-order valence-corrected chi connectivity index (χ0v) is 5.58. The van der Waals surface area contributed by atoms with E-state index in [0.29, 0.717) is 6.42 Å². The molecule has 0 aromatic heterocycles. The molecule has 0 aromatic carbocycles. The van der Waals surface area contributed by atoms with Crippen molar-refractivity contribution in [3.05, 3.63) is 12.7 Å². The molecule has 1 atom stereocenters. The predicted octanol–water partition coefficient (Wildman–Crippen LogP) is 0.553. The highest BCUT2D eigenvalue weighted by atomic mass is 16.3. The van der Waals surface area contributed by atoms with Crippen LogP contribution in [-0.2, 0) is 0 Å². The maximum Gasteiger partial charge on any atom is 0.0463 e. The van der Waals surface area contributed by atoms with Gasteiger partial charge in [0, 0.05) is 13.2 Å². The second-order valence-corrected chi connectivity index (χ2v) is 2.09. The van der Waals surface area contributed by atoms with Crippen molar-refractivity contribution in [1.29, 1.82) is 0 Å². The van der Waals surface area contributed by atoms with Crippen LogP contribution in [0.25, 0.3) is 0 Å². The molecule has 0 fully saturated rings. The van der Waals surface area contributed by atoms with E-state index in [9.17, 15) is 0 Å². The average molecular weight is 130 g/mol. The first-order valence-corrected chi connectivity index (χ1v) is 3.17. The van der Waals surface area contributed by atoms with Crippen molar-refractivity contribution < 1.29 is 10.2 Å². The topological polar surface area (TPSA) is 40.5 Å². The molecule has 0 aliphatic heterocycles. The van der Waals surface area contributed by atoms with Gasteiger partial charge < -0.3 is 10.2 Å². The van der Waals surface area contributed by atoms with Gasteiger partial charge in [0.1, 0.15) is 0 Å². The minimum atomic E-state index is 0.145. The molecule has 2 nitrogen and oxygen atoms in total. The normalized spacial score (nSPS) is 13.1. The fraction of sp³-hybridized carbons (Fsp3) is 0.714. The maximum absolute atomic E-state index is 8.63. The standard InChI is InChI=1S/C7H14O2/c1-2-3-7(6-9)4-5-8/h2,7-9H,1,3-6H2/t7-/m0/s1. The van der Waals surface area contributed by atoms with Crippen LogP contribution in [0.4, 0.5) is 0 Å². The molecule has 0 bridgehead atoms. The summed E-state index contributed by atoms with van der Waals surface area (Å²) in [5, 5.41) is 17.1. The molecule has 0 radical (unpaired) electrons. The van der Waals surface area contributed by atoms with Gasteiger partial charge in [0.05, 0.1) is 0 Å². The van der Waals surface area contributed by atoms with E-state index in [-0.39, 0.29) is 19.1 Å². The fourth-order valence-corrected chi connectivity index (χ4v) is 0.702. The van der Waals surface area contributed by atoms with E-state index in [1.54, 1.807) is 6.08 Å². The van der Waals surface area contributed by atoms with Crippen LogP contribution in [-0.4, -0.2) is 23.4 Å². The van der Waals surface area contributed by atoms with Gasteiger partial charge in [-0.1, -0.05) is 6.08 Å². The highest BCUT2D eigenvalue weighted by molar-refractivity contribution is 4.72.